The monoisotopic (exact) mass is 770 g/mol. The number of hydrogen-bond acceptors (Lipinski definition) is 1. The molecule has 8 aromatic carbocycles. The number of hydrogen-bond donors (Lipinski definition) is 0. The average Bonchev–Trinajstić information content (AvgIpc) is 3.64. The van der Waals surface area contributed by atoms with Crippen LogP contribution < -0.4 is 4.90 Å². The molecule has 10 rings (SSSR count). The largest absolute Gasteiger partial charge is 0.311 e. The lowest BCUT2D eigenvalue weighted by molar-refractivity contribution is 0.639. The van der Waals surface area contributed by atoms with Crippen LogP contribution in [-0.4, -0.2) is 4.57 Å². The van der Waals surface area contributed by atoms with Gasteiger partial charge in [-0.3, -0.25) is 0 Å². The summed E-state index contributed by atoms with van der Waals surface area (Å²) in [6, 6.07) is 67.6. The van der Waals surface area contributed by atoms with Gasteiger partial charge in [-0.15, -0.1) is 0 Å². The van der Waals surface area contributed by atoms with Gasteiger partial charge < -0.3 is 9.47 Å². The highest BCUT2D eigenvalue weighted by Crippen LogP contribution is 2.45. The first-order valence-corrected chi connectivity index (χ1v) is 20.8. The summed E-state index contributed by atoms with van der Waals surface area (Å²) in [4.78, 5) is 2.29. The summed E-state index contributed by atoms with van der Waals surface area (Å²) in [5.74, 6) is 0. The Balaban J connectivity index is 0.938. The van der Waals surface area contributed by atoms with Gasteiger partial charge in [0, 0.05) is 38.9 Å². The van der Waals surface area contributed by atoms with Crippen LogP contribution >= 0.6 is 0 Å². The van der Waals surface area contributed by atoms with E-state index in [-0.39, 0.29) is 5.41 Å². The molecule has 1 aliphatic rings. The number of anilines is 3. The van der Waals surface area contributed by atoms with E-state index in [9.17, 15) is 0 Å². The normalized spacial score (nSPS) is 15.3. The van der Waals surface area contributed by atoms with Crippen LogP contribution in [0, 0.1) is 0 Å². The number of allylic oxidation sites excluding steroid dienone is 5. The molecule has 1 aromatic heterocycles. The number of benzene rings is 8. The molecule has 0 unspecified atom stereocenters. The molecule has 0 atom stereocenters. The SMILES string of the molecule is C=C1/C=C(c2ccc3cc(/C=C/c4ccc(N(c5ccccc5)c5ccccc5)cc4)ccc3c2)\C=C/Cc2ccc3c4ccccc4n(-c4ccccc4)c3c2C1(C)C. The Morgan fingerprint density at radius 2 is 1.17 bits per heavy atom. The first-order valence-electron chi connectivity index (χ1n) is 20.8. The molecule has 0 saturated carbocycles. The van der Waals surface area contributed by atoms with Crippen molar-refractivity contribution in [2.75, 3.05) is 4.90 Å². The summed E-state index contributed by atoms with van der Waals surface area (Å²) in [5, 5.41) is 4.98. The number of rotatable bonds is 7. The van der Waals surface area contributed by atoms with Crippen molar-refractivity contribution in [3.63, 3.8) is 0 Å². The van der Waals surface area contributed by atoms with Crippen molar-refractivity contribution in [2.24, 2.45) is 0 Å². The summed E-state index contributed by atoms with van der Waals surface area (Å²) in [6.45, 7) is 9.46. The smallest absolute Gasteiger partial charge is 0.0584 e. The van der Waals surface area contributed by atoms with E-state index in [1.54, 1.807) is 0 Å². The number of fused-ring (bicyclic) bond motifs is 6. The van der Waals surface area contributed by atoms with Crippen LogP contribution in [0.1, 0.15) is 41.7 Å². The van der Waals surface area contributed by atoms with E-state index >= 15 is 0 Å². The van der Waals surface area contributed by atoms with Crippen LogP contribution in [-0.2, 0) is 11.8 Å². The maximum atomic E-state index is 4.78. The highest BCUT2D eigenvalue weighted by molar-refractivity contribution is 6.11. The van der Waals surface area contributed by atoms with Crippen molar-refractivity contribution in [1.29, 1.82) is 0 Å². The van der Waals surface area contributed by atoms with Crippen LogP contribution in [0.4, 0.5) is 17.1 Å². The fraction of sp³-hybridized carbons (Fsp3) is 0.0690. The van der Waals surface area contributed by atoms with Gasteiger partial charge in [0.25, 0.3) is 0 Å². The van der Waals surface area contributed by atoms with Crippen molar-refractivity contribution >= 4 is 67.4 Å². The lowest BCUT2D eigenvalue weighted by Crippen LogP contribution is -2.22. The highest BCUT2D eigenvalue weighted by Gasteiger charge is 2.31. The summed E-state index contributed by atoms with van der Waals surface area (Å²) < 4.78 is 2.46. The van der Waals surface area contributed by atoms with Crippen LogP contribution in [0.3, 0.4) is 0 Å². The molecule has 0 radical (unpaired) electrons. The Labute approximate surface area is 353 Å². The highest BCUT2D eigenvalue weighted by atomic mass is 15.1. The number of aromatic nitrogens is 1. The van der Waals surface area contributed by atoms with Crippen molar-refractivity contribution in [1.82, 2.24) is 4.57 Å². The molecule has 0 N–H and O–H groups in total. The van der Waals surface area contributed by atoms with Gasteiger partial charge in [0.05, 0.1) is 11.0 Å². The second-order valence-electron chi connectivity index (χ2n) is 16.3. The lowest BCUT2D eigenvalue weighted by Gasteiger charge is -2.30. The van der Waals surface area contributed by atoms with Crippen molar-refractivity contribution in [3.05, 3.63) is 246 Å². The van der Waals surface area contributed by atoms with Crippen molar-refractivity contribution in [2.45, 2.75) is 25.7 Å². The van der Waals surface area contributed by atoms with E-state index in [0.717, 1.165) is 34.6 Å². The Bertz CT molecular complexity index is 3090. The van der Waals surface area contributed by atoms with E-state index in [0.29, 0.717) is 0 Å². The predicted octanol–water partition coefficient (Wildman–Crippen LogP) is 15.6. The Hall–Kier alpha value is -7.42. The van der Waals surface area contributed by atoms with Crippen LogP contribution in [0.25, 0.3) is 56.0 Å². The quantitative estimate of drug-likeness (QED) is 0.147. The minimum Gasteiger partial charge on any atom is -0.311 e. The molecule has 2 heteroatoms. The second kappa shape index (κ2) is 15.4. The number of para-hydroxylation sites is 4. The van der Waals surface area contributed by atoms with Crippen molar-refractivity contribution < 1.29 is 0 Å². The zero-order valence-corrected chi connectivity index (χ0v) is 34.1. The van der Waals surface area contributed by atoms with Gasteiger partial charge in [0.2, 0.25) is 0 Å². The Morgan fingerprint density at radius 3 is 1.90 bits per heavy atom. The Morgan fingerprint density at radius 1 is 0.567 bits per heavy atom. The van der Waals surface area contributed by atoms with Gasteiger partial charge in [0.1, 0.15) is 0 Å². The molecule has 1 heterocycles. The summed E-state index contributed by atoms with van der Waals surface area (Å²) in [6.07, 6.45) is 12.2. The van der Waals surface area contributed by atoms with Gasteiger partial charge >= 0.3 is 0 Å². The maximum Gasteiger partial charge on any atom is 0.0584 e. The minimum atomic E-state index is -0.339. The summed E-state index contributed by atoms with van der Waals surface area (Å²) in [5.41, 5.74) is 15.1. The minimum absolute atomic E-state index is 0.339. The molecular formula is C58H46N2. The van der Waals surface area contributed by atoms with Crippen LogP contribution in [0.2, 0.25) is 0 Å². The van der Waals surface area contributed by atoms with Gasteiger partial charge in [0.15, 0.2) is 0 Å². The molecule has 0 bridgehead atoms. The third-order valence-corrected chi connectivity index (χ3v) is 12.2. The number of nitrogens with zero attached hydrogens (tertiary/aromatic N) is 2. The van der Waals surface area contributed by atoms with E-state index in [1.165, 1.54) is 66.1 Å². The lowest BCUT2D eigenvalue weighted by atomic mass is 9.74. The molecule has 288 valence electrons. The fourth-order valence-electron chi connectivity index (χ4n) is 8.96. The molecule has 0 saturated heterocycles. The van der Waals surface area contributed by atoms with Crippen LogP contribution in [0.5, 0.6) is 0 Å². The van der Waals surface area contributed by atoms with E-state index in [1.807, 2.05) is 0 Å². The van der Waals surface area contributed by atoms with E-state index < -0.39 is 0 Å². The zero-order valence-electron chi connectivity index (χ0n) is 34.1. The molecule has 0 spiro atoms. The van der Waals surface area contributed by atoms with E-state index in [4.69, 9.17) is 6.58 Å². The summed E-state index contributed by atoms with van der Waals surface area (Å²) in [7, 11) is 0. The van der Waals surface area contributed by atoms with Crippen LogP contribution in [0.15, 0.2) is 218 Å². The van der Waals surface area contributed by atoms with Gasteiger partial charge in [-0.1, -0.05) is 172 Å². The summed E-state index contributed by atoms with van der Waals surface area (Å²) >= 11 is 0. The fourth-order valence-corrected chi connectivity index (χ4v) is 8.96. The first-order chi connectivity index (χ1) is 29.4. The molecule has 0 fully saturated rings. The van der Waals surface area contributed by atoms with Gasteiger partial charge in [-0.05, 0) is 123 Å². The van der Waals surface area contributed by atoms with Gasteiger partial charge in [-0.2, -0.15) is 0 Å². The third kappa shape index (κ3) is 6.76. The molecule has 2 nitrogen and oxygen atoms in total. The molecular weight excluding hydrogens is 725 g/mol. The standard InChI is InChI=1S/C58H46N2/c1-41-38-45(17-15-16-44-34-37-54-53-24-13-14-25-55(53)60(51-22-11-6-12-23-51)57(54)56(44)58(41,2)3)48-33-32-46-39-43(28-31-47(46)40-48)27-26-42-29-35-52(36-30-42)59(49-18-7-4-8-19-49)50-20-9-5-10-21-50/h4-15,17-40H,1,16H2,2-3H3/b17-15-,27-26+,45-38+. The average molecular weight is 771 g/mol. The molecule has 9 aromatic rings. The topological polar surface area (TPSA) is 8.17 Å². The Kier molecular flexibility index (Phi) is 9.47. The van der Waals surface area contributed by atoms with E-state index in [2.05, 4.69) is 242 Å². The molecule has 0 aliphatic heterocycles. The molecule has 1 aliphatic carbocycles. The molecule has 0 amide bonds. The van der Waals surface area contributed by atoms with Crippen molar-refractivity contribution in [3.8, 4) is 5.69 Å². The molecule has 60 heavy (non-hydrogen) atoms. The first kappa shape index (κ1) is 36.9. The second-order valence-corrected chi connectivity index (χ2v) is 16.3. The third-order valence-electron chi connectivity index (χ3n) is 12.2. The maximum absolute atomic E-state index is 4.78. The predicted molar refractivity (Wildman–Crippen MR) is 258 cm³/mol. The van der Waals surface area contributed by atoms with Gasteiger partial charge in [-0.25, -0.2) is 0 Å². The zero-order chi connectivity index (χ0) is 40.6.